The molecule has 3 aliphatic rings. The Morgan fingerprint density at radius 3 is 2.65 bits per heavy atom. The Balaban J connectivity index is 0.000000704. The quantitative estimate of drug-likeness (QED) is 0.599. The van der Waals surface area contributed by atoms with Crippen LogP contribution >= 0.6 is 0 Å². The lowest BCUT2D eigenvalue weighted by Crippen LogP contribution is -2.37. The fourth-order valence-corrected chi connectivity index (χ4v) is 4.96. The first-order valence-corrected chi connectivity index (χ1v) is 8.31. The number of fused-ring (bicyclic) bond motifs is 3. The monoisotopic (exact) mass is 274 g/mol. The van der Waals surface area contributed by atoms with Crippen LogP contribution in [0.25, 0.3) is 0 Å². The molecule has 3 rings (SSSR count). The molecule has 0 bridgehead atoms. The lowest BCUT2D eigenvalue weighted by molar-refractivity contribution is 0.0455. The van der Waals surface area contributed by atoms with E-state index in [-0.39, 0.29) is 0 Å². The molecule has 2 aliphatic carbocycles. The van der Waals surface area contributed by atoms with E-state index in [0.29, 0.717) is 5.41 Å². The standard InChI is InChI=1S/C17H28O.C2H2/c1-4-12-7-8-15-13(6-5-10-17(15,2)3)14-9-11-18-16(12)14;1-2/h13-15H,4-11H2,1-3H3;1-2H/t13?,14-,15-;/m0./s1. The molecular formula is C19H30O. The van der Waals surface area contributed by atoms with E-state index < -0.39 is 0 Å². The minimum Gasteiger partial charge on any atom is -0.498 e. The Hall–Kier alpha value is -0.900. The van der Waals surface area contributed by atoms with E-state index in [1.807, 2.05) is 0 Å². The van der Waals surface area contributed by atoms with Gasteiger partial charge in [0, 0.05) is 5.92 Å². The van der Waals surface area contributed by atoms with Gasteiger partial charge in [-0.25, -0.2) is 0 Å². The van der Waals surface area contributed by atoms with E-state index in [1.54, 1.807) is 5.57 Å². The van der Waals surface area contributed by atoms with Gasteiger partial charge in [-0.1, -0.05) is 27.2 Å². The van der Waals surface area contributed by atoms with E-state index >= 15 is 0 Å². The summed E-state index contributed by atoms with van der Waals surface area (Å²) in [5.41, 5.74) is 2.20. The van der Waals surface area contributed by atoms with Crippen LogP contribution in [-0.2, 0) is 4.74 Å². The SMILES string of the molecule is C#C.CCC1=C2OCC[C@H]2C2CCCC(C)(C)[C@H]2CC1. The Morgan fingerprint density at radius 1 is 1.20 bits per heavy atom. The second-order valence-corrected chi connectivity index (χ2v) is 7.25. The predicted molar refractivity (Wildman–Crippen MR) is 85.1 cm³/mol. The van der Waals surface area contributed by atoms with Gasteiger partial charge >= 0.3 is 0 Å². The molecule has 0 radical (unpaired) electrons. The van der Waals surface area contributed by atoms with Crippen molar-refractivity contribution in [1.82, 2.24) is 0 Å². The highest BCUT2D eigenvalue weighted by Gasteiger charge is 2.46. The van der Waals surface area contributed by atoms with Gasteiger partial charge < -0.3 is 4.74 Å². The highest BCUT2D eigenvalue weighted by atomic mass is 16.5. The average molecular weight is 274 g/mol. The van der Waals surface area contributed by atoms with Crippen LogP contribution in [0.1, 0.15) is 65.7 Å². The largest absolute Gasteiger partial charge is 0.498 e. The summed E-state index contributed by atoms with van der Waals surface area (Å²) >= 11 is 0. The van der Waals surface area contributed by atoms with Gasteiger partial charge in [0.1, 0.15) is 0 Å². The number of hydrogen-bond donors (Lipinski definition) is 0. The summed E-state index contributed by atoms with van der Waals surface area (Å²) in [5.74, 6) is 4.04. The summed E-state index contributed by atoms with van der Waals surface area (Å²) in [5, 5.41) is 0. The number of ether oxygens (including phenoxy) is 1. The molecule has 0 aromatic heterocycles. The third-order valence-electron chi connectivity index (χ3n) is 5.95. The van der Waals surface area contributed by atoms with Crippen molar-refractivity contribution in [3.05, 3.63) is 11.3 Å². The van der Waals surface area contributed by atoms with Crippen molar-refractivity contribution in [2.45, 2.75) is 65.7 Å². The first-order valence-electron chi connectivity index (χ1n) is 8.31. The number of allylic oxidation sites excluding steroid dienone is 2. The molecule has 112 valence electrons. The molecule has 1 heteroatoms. The molecule has 20 heavy (non-hydrogen) atoms. The Bertz CT molecular complexity index is 388. The smallest absolute Gasteiger partial charge is 0.0986 e. The molecule has 0 N–H and O–H groups in total. The zero-order chi connectivity index (χ0) is 14.8. The van der Waals surface area contributed by atoms with Crippen LogP contribution in [0.2, 0.25) is 0 Å². The van der Waals surface area contributed by atoms with E-state index in [4.69, 9.17) is 4.74 Å². The summed E-state index contributed by atoms with van der Waals surface area (Å²) < 4.78 is 6.04. The van der Waals surface area contributed by atoms with E-state index in [0.717, 1.165) is 24.4 Å². The van der Waals surface area contributed by atoms with Crippen LogP contribution in [0, 0.1) is 36.0 Å². The van der Waals surface area contributed by atoms with Crippen LogP contribution in [0.4, 0.5) is 0 Å². The highest BCUT2D eigenvalue weighted by molar-refractivity contribution is 5.18. The first kappa shape index (κ1) is 15.5. The summed E-state index contributed by atoms with van der Waals surface area (Å²) in [6.45, 7) is 8.31. The molecule has 0 spiro atoms. The number of rotatable bonds is 1. The maximum Gasteiger partial charge on any atom is 0.0986 e. The predicted octanol–water partition coefficient (Wildman–Crippen LogP) is 5.17. The molecule has 1 heterocycles. The van der Waals surface area contributed by atoms with Gasteiger partial charge in [0.25, 0.3) is 0 Å². The van der Waals surface area contributed by atoms with Gasteiger partial charge in [-0.05, 0) is 61.3 Å². The van der Waals surface area contributed by atoms with Crippen LogP contribution < -0.4 is 0 Å². The molecule has 0 amide bonds. The summed E-state index contributed by atoms with van der Waals surface area (Å²) in [6.07, 6.45) is 17.5. The maximum absolute atomic E-state index is 6.04. The average Bonchev–Trinajstić information content (AvgIpc) is 2.86. The fraction of sp³-hybridized carbons (Fsp3) is 0.789. The second-order valence-electron chi connectivity index (χ2n) is 7.25. The van der Waals surface area contributed by atoms with Crippen molar-refractivity contribution in [3.63, 3.8) is 0 Å². The number of terminal acetylenes is 1. The summed E-state index contributed by atoms with van der Waals surface area (Å²) in [7, 11) is 0. The molecule has 3 atom stereocenters. The Labute approximate surface area is 125 Å². The second kappa shape index (κ2) is 6.25. The minimum absolute atomic E-state index is 0.555. The lowest BCUT2D eigenvalue weighted by atomic mass is 9.59. The first-order chi connectivity index (χ1) is 9.63. The molecule has 1 nitrogen and oxygen atoms in total. The zero-order valence-electron chi connectivity index (χ0n) is 13.5. The van der Waals surface area contributed by atoms with E-state index in [9.17, 15) is 0 Å². The fourth-order valence-electron chi connectivity index (χ4n) is 4.96. The van der Waals surface area contributed by atoms with Crippen LogP contribution in [0.5, 0.6) is 0 Å². The van der Waals surface area contributed by atoms with Crippen molar-refractivity contribution < 1.29 is 4.74 Å². The van der Waals surface area contributed by atoms with Crippen molar-refractivity contribution in [2.75, 3.05) is 6.61 Å². The molecule has 1 saturated carbocycles. The van der Waals surface area contributed by atoms with Crippen molar-refractivity contribution in [1.29, 1.82) is 0 Å². The van der Waals surface area contributed by atoms with Crippen molar-refractivity contribution in [3.8, 4) is 12.8 Å². The van der Waals surface area contributed by atoms with Crippen LogP contribution in [0.3, 0.4) is 0 Å². The number of hydrogen-bond acceptors (Lipinski definition) is 1. The zero-order valence-corrected chi connectivity index (χ0v) is 13.5. The van der Waals surface area contributed by atoms with Gasteiger partial charge in [0.15, 0.2) is 0 Å². The maximum atomic E-state index is 6.04. The summed E-state index contributed by atoms with van der Waals surface area (Å²) in [6, 6.07) is 0. The molecule has 0 aromatic rings. The molecule has 1 unspecified atom stereocenters. The third-order valence-corrected chi connectivity index (χ3v) is 5.95. The van der Waals surface area contributed by atoms with E-state index in [2.05, 4.69) is 33.6 Å². The molecule has 1 saturated heterocycles. The van der Waals surface area contributed by atoms with Gasteiger partial charge in [0.05, 0.1) is 12.4 Å². The normalized spacial score (nSPS) is 35.0. The summed E-state index contributed by atoms with van der Waals surface area (Å²) in [4.78, 5) is 0. The van der Waals surface area contributed by atoms with Gasteiger partial charge in [-0.15, -0.1) is 12.8 Å². The van der Waals surface area contributed by atoms with Gasteiger partial charge in [-0.2, -0.15) is 0 Å². The lowest BCUT2D eigenvalue weighted by Gasteiger charge is -2.45. The van der Waals surface area contributed by atoms with Crippen LogP contribution in [-0.4, -0.2) is 6.61 Å². The Kier molecular flexibility index (Phi) is 4.84. The van der Waals surface area contributed by atoms with E-state index in [1.165, 1.54) is 50.7 Å². The Morgan fingerprint density at radius 2 is 1.95 bits per heavy atom. The van der Waals surface area contributed by atoms with Crippen LogP contribution in [0.15, 0.2) is 11.3 Å². The molecular weight excluding hydrogens is 244 g/mol. The topological polar surface area (TPSA) is 9.23 Å². The molecule has 2 fully saturated rings. The highest BCUT2D eigenvalue weighted by Crippen LogP contribution is 2.54. The van der Waals surface area contributed by atoms with Crippen molar-refractivity contribution >= 4 is 0 Å². The van der Waals surface area contributed by atoms with Crippen molar-refractivity contribution in [2.24, 2.45) is 23.2 Å². The molecule has 0 aromatic carbocycles. The minimum atomic E-state index is 0.555. The van der Waals surface area contributed by atoms with Gasteiger partial charge in [0.2, 0.25) is 0 Å². The third kappa shape index (κ3) is 2.62. The van der Waals surface area contributed by atoms with Gasteiger partial charge in [-0.3, -0.25) is 0 Å². The molecule has 1 aliphatic heterocycles.